The van der Waals surface area contributed by atoms with Crippen molar-refractivity contribution in [3.8, 4) is 11.5 Å². The molecule has 0 aliphatic heterocycles. The van der Waals surface area contributed by atoms with E-state index < -0.39 is 5.91 Å². The SMILES string of the molecule is Cc1ccc(/C=N/NC(=O)c2cc(O)cc(O)c2)s1. The molecule has 0 unspecified atom stereocenters. The second-order valence-corrected chi connectivity index (χ2v) is 5.21. The van der Waals surface area contributed by atoms with Gasteiger partial charge in [0.15, 0.2) is 0 Å². The van der Waals surface area contributed by atoms with Crippen molar-refractivity contribution in [2.45, 2.75) is 6.92 Å². The average Bonchev–Trinajstić information content (AvgIpc) is 2.73. The Balaban J connectivity index is 2.03. The number of aromatic hydroxyl groups is 2. The summed E-state index contributed by atoms with van der Waals surface area (Å²) in [4.78, 5) is 13.8. The Hall–Kier alpha value is -2.34. The van der Waals surface area contributed by atoms with Crippen molar-refractivity contribution in [2.24, 2.45) is 5.10 Å². The highest BCUT2D eigenvalue weighted by Gasteiger charge is 2.07. The zero-order valence-corrected chi connectivity index (χ0v) is 10.9. The molecule has 0 aliphatic carbocycles. The number of benzene rings is 1. The molecule has 0 saturated carbocycles. The summed E-state index contributed by atoms with van der Waals surface area (Å²) in [7, 11) is 0. The first-order chi connectivity index (χ1) is 9.04. The van der Waals surface area contributed by atoms with Crippen LogP contribution in [0, 0.1) is 6.92 Å². The number of hydrogen-bond acceptors (Lipinski definition) is 5. The van der Waals surface area contributed by atoms with Crippen LogP contribution in [0.4, 0.5) is 0 Å². The number of phenols is 2. The first-order valence-corrected chi connectivity index (χ1v) is 6.29. The molecule has 2 rings (SSSR count). The molecular weight excluding hydrogens is 264 g/mol. The third-order valence-electron chi connectivity index (χ3n) is 2.28. The van der Waals surface area contributed by atoms with Gasteiger partial charge in [0.05, 0.1) is 6.21 Å². The van der Waals surface area contributed by atoms with Gasteiger partial charge in [-0.3, -0.25) is 4.79 Å². The number of hydrogen-bond donors (Lipinski definition) is 3. The normalized spacial score (nSPS) is 10.8. The van der Waals surface area contributed by atoms with Crippen molar-refractivity contribution in [1.82, 2.24) is 5.43 Å². The monoisotopic (exact) mass is 276 g/mol. The third kappa shape index (κ3) is 3.56. The molecule has 0 fully saturated rings. The van der Waals surface area contributed by atoms with Crippen LogP contribution >= 0.6 is 11.3 Å². The quantitative estimate of drug-likeness (QED) is 0.594. The second-order valence-electron chi connectivity index (χ2n) is 3.89. The molecule has 0 saturated heterocycles. The van der Waals surface area contributed by atoms with Gasteiger partial charge in [0.1, 0.15) is 11.5 Å². The fraction of sp³-hybridized carbons (Fsp3) is 0.0769. The Morgan fingerprint density at radius 3 is 2.53 bits per heavy atom. The van der Waals surface area contributed by atoms with Gasteiger partial charge in [-0.25, -0.2) is 5.43 Å². The molecule has 0 spiro atoms. The summed E-state index contributed by atoms with van der Waals surface area (Å²) >= 11 is 1.56. The van der Waals surface area contributed by atoms with E-state index in [0.717, 1.165) is 15.8 Å². The fourth-order valence-corrected chi connectivity index (χ4v) is 2.22. The minimum absolute atomic E-state index is 0.136. The highest BCUT2D eigenvalue weighted by Crippen LogP contribution is 2.20. The number of nitrogens with zero attached hydrogens (tertiary/aromatic N) is 1. The Morgan fingerprint density at radius 1 is 1.26 bits per heavy atom. The summed E-state index contributed by atoms with van der Waals surface area (Å²) in [5.74, 6) is -0.859. The topological polar surface area (TPSA) is 81.9 Å². The minimum Gasteiger partial charge on any atom is -0.508 e. The van der Waals surface area contributed by atoms with Crippen molar-refractivity contribution in [2.75, 3.05) is 0 Å². The molecule has 6 heteroatoms. The van der Waals surface area contributed by atoms with E-state index in [2.05, 4.69) is 10.5 Å². The van der Waals surface area contributed by atoms with Gasteiger partial charge in [-0.2, -0.15) is 5.10 Å². The zero-order chi connectivity index (χ0) is 13.8. The molecule has 0 radical (unpaired) electrons. The number of rotatable bonds is 3. The lowest BCUT2D eigenvalue weighted by Crippen LogP contribution is -2.17. The molecule has 19 heavy (non-hydrogen) atoms. The van der Waals surface area contributed by atoms with Crippen LogP contribution in [0.3, 0.4) is 0 Å². The van der Waals surface area contributed by atoms with Crippen molar-refractivity contribution < 1.29 is 15.0 Å². The molecule has 1 aromatic heterocycles. The molecule has 1 aromatic carbocycles. The lowest BCUT2D eigenvalue weighted by atomic mass is 10.2. The van der Waals surface area contributed by atoms with Crippen molar-refractivity contribution >= 4 is 23.5 Å². The lowest BCUT2D eigenvalue weighted by Gasteiger charge is -2.01. The first-order valence-electron chi connectivity index (χ1n) is 5.47. The van der Waals surface area contributed by atoms with E-state index >= 15 is 0 Å². The highest BCUT2D eigenvalue weighted by atomic mass is 32.1. The first kappa shape index (κ1) is 13.1. The summed E-state index contributed by atoms with van der Waals surface area (Å²) in [5.41, 5.74) is 2.46. The number of phenolic OH excluding ortho intramolecular Hbond substituents is 2. The Bertz CT molecular complexity index is 614. The molecule has 2 aromatic rings. The Morgan fingerprint density at radius 2 is 1.95 bits per heavy atom. The van der Waals surface area contributed by atoms with Crippen LogP contribution in [0.15, 0.2) is 35.4 Å². The number of carbonyl (C=O) groups excluding carboxylic acids is 1. The molecule has 1 heterocycles. The van der Waals surface area contributed by atoms with Gasteiger partial charge in [-0.05, 0) is 31.2 Å². The van der Waals surface area contributed by atoms with E-state index in [4.69, 9.17) is 0 Å². The fourth-order valence-electron chi connectivity index (χ4n) is 1.47. The van der Waals surface area contributed by atoms with Gasteiger partial charge in [0.2, 0.25) is 0 Å². The minimum atomic E-state index is -0.504. The predicted molar refractivity (Wildman–Crippen MR) is 73.9 cm³/mol. The predicted octanol–water partition coefficient (Wildman–Crippen LogP) is 2.23. The number of aryl methyl sites for hydroxylation is 1. The van der Waals surface area contributed by atoms with E-state index in [9.17, 15) is 15.0 Å². The molecule has 0 aliphatic rings. The summed E-state index contributed by atoms with van der Waals surface area (Å²) in [6.07, 6.45) is 1.54. The van der Waals surface area contributed by atoms with Crippen molar-refractivity contribution in [3.05, 3.63) is 45.6 Å². The maximum Gasteiger partial charge on any atom is 0.271 e. The molecule has 0 bridgehead atoms. The van der Waals surface area contributed by atoms with E-state index in [1.165, 1.54) is 18.3 Å². The average molecular weight is 276 g/mol. The Kier molecular flexibility index (Phi) is 3.82. The smallest absolute Gasteiger partial charge is 0.271 e. The number of carbonyl (C=O) groups is 1. The summed E-state index contributed by atoms with van der Waals surface area (Å²) < 4.78 is 0. The lowest BCUT2D eigenvalue weighted by molar-refractivity contribution is 0.0954. The molecule has 0 atom stereocenters. The van der Waals surface area contributed by atoms with Gasteiger partial charge in [0.25, 0.3) is 5.91 Å². The number of nitrogens with one attached hydrogen (secondary N) is 1. The summed E-state index contributed by atoms with van der Waals surface area (Å²) in [6, 6.07) is 7.51. The van der Waals surface area contributed by atoms with Crippen LogP contribution in [0.1, 0.15) is 20.1 Å². The van der Waals surface area contributed by atoms with Gasteiger partial charge >= 0.3 is 0 Å². The molecular formula is C13H12N2O3S. The molecule has 1 amide bonds. The zero-order valence-electron chi connectivity index (χ0n) is 10.1. The molecule has 98 valence electrons. The van der Waals surface area contributed by atoms with E-state index in [1.807, 2.05) is 19.1 Å². The highest BCUT2D eigenvalue weighted by molar-refractivity contribution is 7.13. The number of amides is 1. The van der Waals surface area contributed by atoms with Gasteiger partial charge in [-0.1, -0.05) is 0 Å². The van der Waals surface area contributed by atoms with Gasteiger partial charge < -0.3 is 10.2 Å². The van der Waals surface area contributed by atoms with Crippen molar-refractivity contribution in [1.29, 1.82) is 0 Å². The van der Waals surface area contributed by atoms with Crippen LogP contribution in [-0.4, -0.2) is 22.3 Å². The number of hydrazone groups is 1. The van der Waals surface area contributed by atoms with E-state index in [1.54, 1.807) is 11.3 Å². The van der Waals surface area contributed by atoms with Crippen LogP contribution < -0.4 is 5.43 Å². The molecule has 3 N–H and O–H groups in total. The van der Waals surface area contributed by atoms with Crippen LogP contribution in [0.25, 0.3) is 0 Å². The summed E-state index contributed by atoms with van der Waals surface area (Å²) in [5, 5.41) is 22.4. The van der Waals surface area contributed by atoms with Gasteiger partial charge in [-0.15, -0.1) is 11.3 Å². The van der Waals surface area contributed by atoms with Crippen molar-refractivity contribution in [3.63, 3.8) is 0 Å². The van der Waals surface area contributed by atoms with E-state index in [0.29, 0.717) is 0 Å². The maximum atomic E-state index is 11.7. The van der Waals surface area contributed by atoms with Crippen LogP contribution in [0.5, 0.6) is 11.5 Å². The van der Waals surface area contributed by atoms with Crippen LogP contribution in [0.2, 0.25) is 0 Å². The van der Waals surface area contributed by atoms with Gasteiger partial charge in [0, 0.05) is 21.4 Å². The largest absolute Gasteiger partial charge is 0.508 e. The second kappa shape index (κ2) is 5.53. The Labute approximate surface area is 113 Å². The third-order valence-corrected chi connectivity index (χ3v) is 3.22. The maximum absolute atomic E-state index is 11.7. The van der Waals surface area contributed by atoms with Crippen LogP contribution in [-0.2, 0) is 0 Å². The summed E-state index contributed by atoms with van der Waals surface area (Å²) in [6.45, 7) is 1.98. The molecule has 5 nitrogen and oxygen atoms in total. The number of thiophene rings is 1. The van der Waals surface area contributed by atoms with E-state index in [-0.39, 0.29) is 17.1 Å². The standard InChI is InChI=1S/C13H12N2O3S/c1-8-2-3-12(19-8)7-14-15-13(18)9-4-10(16)6-11(17)5-9/h2-7,16-17H,1H3,(H,15,18)/b14-7+.